The van der Waals surface area contributed by atoms with Crippen LogP contribution in [0.15, 0.2) is 29.6 Å². The minimum absolute atomic E-state index is 0.00646. The van der Waals surface area contributed by atoms with E-state index in [0.29, 0.717) is 6.54 Å². The Morgan fingerprint density at radius 3 is 2.64 bits per heavy atom. The van der Waals surface area contributed by atoms with Crippen LogP contribution in [-0.4, -0.2) is 31.4 Å². The lowest BCUT2D eigenvalue weighted by molar-refractivity contribution is 0.0942. The van der Waals surface area contributed by atoms with E-state index < -0.39 is 17.5 Å². The molecule has 7 heteroatoms. The Bertz CT molecular complexity index is 662. The third-order valence-electron chi connectivity index (χ3n) is 3.21. The summed E-state index contributed by atoms with van der Waals surface area (Å²) in [5.74, 6) is -2.71. The fourth-order valence-electron chi connectivity index (χ4n) is 2.00. The third kappa shape index (κ3) is 3.82. The number of nitrogens with zero attached hydrogens (tertiary/aromatic N) is 1. The monoisotopic (exact) mass is 344 g/mol. The van der Waals surface area contributed by atoms with Crippen molar-refractivity contribution in [2.45, 2.75) is 6.04 Å². The van der Waals surface area contributed by atoms with Gasteiger partial charge in [0.15, 0.2) is 11.6 Å². The quantitative estimate of drug-likeness (QED) is 0.839. The molecule has 2 aromatic rings. The van der Waals surface area contributed by atoms with Gasteiger partial charge in [0.1, 0.15) is 0 Å². The number of carbonyl (C=O) groups is 1. The van der Waals surface area contributed by atoms with E-state index in [1.54, 1.807) is 11.3 Å². The highest BCUT2D eigenvalue weighted by Gasteiger charge is 2.19. The average Bonchev–Trinajstić information content (AvgIpc) is 2.96. The molecule has 0 bridgehead atoms. The zero-order valence-corrected chi connectivity index (χ0v) is 13.6. The van der Waals surface area contributed by atoms with E-state index in [1.165, 1.54) is 0 Å². The van der Waals surface area contributed by atoms with Crippen molar-refractivity contribution in [3.05, 3.63) is 56.7 Å². The van der Waals surface area contributed by atoms with Crippen LogP contribution in [0.25, 0.3) is 0 Å². The molecule has 1 heterocycles. The summed E-state index contributed by atoms with van der Waals surface area (Å²) in [4.78, 5) is 15.2. The van der Waals surface area contributed by atoms with E-state index >= 15 is 0 Å². The summed E-state index contributed by atoms with van der Waals surface area (Å²) in [5.41, 5.74) is -0.0794. The number of benzene rings is 1. The van der Waals surface area contributed by atoms with E-state index in [2.05, 4.69) is 5.32 Å². The van der Waals surface area contributed by atoms with Gasteiger partial charge in [-0.1, -0.05) is 17.7 Å². The Morgan fingerprint density at radius 1 is 1.36 bits per heavy atom. The number of hydrogen-bond donors (Lipinski definition) is 1. The summed E-state index contributed by atoms with van der Waals surface area (Å²) in [7, 11) is 3.81. The summed E-state index contributed by atoms with van der Waals surface area (Å²) >= 11 is 7.38. The molecule has 1 aromatic heterocycles. The number of amides is 1. The van der Waals surface area contributed by atoms with Gasteiger partial charge in [0.25, 0.3) is 5.91 Å². The minimum atomic E-state index is -1.10. The maximum atomic E-state index is 13.2. The first-order chi connectivity index (χ1) is 10.4. The van der Waals surface area contributed by atoms with Gasteiger partial charge in [0.2, 0.25) is 0 Å². The molecule has 1 aromatic carbocycles. The molecule has 0 radical (unpaired) electrons. The van der Waals surface area contributed by atoms with E-state index in [-0.39, 0.29) is 16.6 Å². The molecular formula is C15H15ClF2N2OS. The fourth-order valence-corrected chi connectivity index (χ4v) is 3.16. The topological polar surface area (TPSA) is 32.3 Å². The van der Waals surface area contributed by atoms with Crippen LogP contribution in [0.4, 0.5) is 8.78 Å². The highest BCUT2D eigenvalue weighted by molar-refractivity contribution is 7.10. The van der Waals surface area contributed by atoms with Crippen LogP contribution in [0, 0.1) is 11.6 Å². The SMILES string of the molecule is CN(C)[C@@H](CNC(=O)c1cc(F)c(F)cc1Cl)c1cccs1. The lowest BCUT2D eigenvalue weighted by Gasteiger charge is -2.23. The first-order valence-electron chi connectivity index (χ1n) is 6.52. The van der Waals surface area contributed by atoms with Crippen molar-refractivity contribution in [2.24, 2.45) is 0 Å². The summed E-state index contributed by atoms with van der Waals surface area (Å²) in [6.07, 6.45) is 0. The van der Waals surface area contributed by atoms with Crippen molar-refractivity contribution >= 4 is 28.8 Å². The summed E-state index contributed by atoms with van der Waals surface area (Å²) in [5, 5.41) is 4.55. The van der Waals surface area contributed by atoms with Gasteiger partial charge in [0, 0.05) is 11.4 Å². The highest BCUT2D eigenvalue weighted by Crippen LogP contribution is 2.23. The fraction of sp³-hybridized carbons (Fsp3) is 0.267. The van der Waals surface area contributed by atoms with Crippen molar-refractivity contribution in [3.63, 3.8) is 0 Å². The number of carbonyl (C=O) groups excluding carboxylic acids is 1. The summed E-state index contributed by atoms with van der Waals surface area (Å²) in [6.45, 7) is 0.335. The van der Waals surface area contributed by atoms with Crippen molar-refractivity contribution < 1.29 is 13.6 Å². The van der Waals surface area contributed by atoms with Gasteiger partial charge in [-0.3, -0.25) is 4.79 Å². The summed E-state index contributed by atoms with van der Waals surface area (Å²) < 4.78 is 26.3. The van der Waals surface area contributed by atoms with Crippen LogP contribution in [0.5, 0.6) is 0 Å². The lowest BCUT2D eigenvalue weighted by Crippen LogP contribution is -2.34. The van der Waals surface area contributed by atoms with Crippen LogP contribution in [0.2, 0.25) is 5.02 Å². The molecule has 0 unspecified atom stereocenters. The second-order valence-corrected chi connectivity index (χ2v) is 6.34. The minimum Gasteiger partial charge on any atom is -0.350 e. The molecule has 0 fully saturated rings. The van der Waals surface area contributed by atoms with Crippen LogP contribution in [-0.2, 0) is 0 Å². The zero-order chi connectivity index (χ0) is 16.3. The Morgan fingerprint density at radius 2 is 2.05 bits per heavy atom. The second-order valence-electron chi connectivity index (χ2n) is 4.95. The van der Waals surface area contributed by atoms with Crippen LogP contribution in [0.3, 0.4) is 0 Å². The Labute approximate surface area is 136 Å². The zero-order valence-electron chi connectivity index (χ0n) is 12.1. The molecule has 0 aliphatic heterocycles. The van der Waals surface area contributed by atoms with E-state index in [4.69, 9.17) is 11.6 Å². The van der Waals surface area contributed by atoms with Crippen molar-refractivity contribution in [2.75, 3.05) is 20.6 Å². The third-order valence-corrected chi connectivity index (χ3v) is 4.49. The number of likely N-dealkylation sites (N-methyl/N-ethyl adjacent to an activating group) is 1. The molecule has 1 amide bonds. The largest absolute Gasteiger partial charge is 0.350 e. The average molecular weight is 345 g/mol. The van der Waals surface area contributed by atoms with E-state index in [0.717, 1.165) is 17.0 Å². The smallest absolute Gasteiger partial charge is 0.252 e. The Balaban J connectivity index is 2.10. The maximum absolute atomic E-state index is 13.2. The van der Waals surface area contributed by atoms with Crippen LogP contribution >= 0.6 is 22.9 Å². The number of rotatable bonds is 5. The van der Waals surface area contributed by atoms with Gasteiger partial charge in [-0.05, 0) is 37.7 Å². The molecule has 1 N–H and O–H groups in total. The standard InChI is InChI=1S/C15H15ClF2N2OS/c1-20(2)13(14-4-3-5-22-14)8-19-15(21)9-6-11(17)12(18)7-10(9)16/h3-7,13H,8H2,1-2H3,(H,19,21)/t13-/m0/s1. The number of nitrogens with one attached hydrogen (secondary N) is 1. The molecule has 0 spiro atoms. The first kappa shape index (κ1) is 16.9. The predicted octanol–water partition coefficient (Wildman–Crippen LogP) is 3.71. The molecule has 0 aliphatic carbocycles. The molecule has 1 atom stereocenters. The Kier molecular flexibility index (Phi) is 5.50. The predicted molar refractivity (Wildman–Crippen MR) is 84.4 cm³/mol. The molecule has 0 saturated carbocycles. The van der Waals surface area contributed by atoms with Gasteiger partial charge < -0.3 is 10.2 Å². The molecule has 2 rings (SSSR count). The van der Waals surface area contributed by atoms with Gasteiger partial charge in [-0.15, -0.1) is 11.3 Å². The van der Waals surface area contributed by atoms with Crippen LogP contribution in [0.1, 0.15) is 21.3 Å². The van der Waals surface area contributed by atoms with Gasteiger partial charge >= 0.3 is 0 Å². The van der Waals surface area contributed by atoms with E-state index in [9.17, 15) is 13.6 Å². The molecule has 0 aliphatic rings. The second kappa shape index (κ2) is 7.17. The number of halogens is 3. The van der Waals surface area contributed by atoms with Crippen molar-refractivity contribution in [1.82, 2.24) is 10.2 Å². The van der Waals surface area contributed by atoms with Crippen molar-refractivity contribution in [3.8, 4) is 0 Å². The van der Waals surface area contributed by atoms with Gasteiger partial charge in [0.05, 0.1) is 16.6 Å². The van der Waals surface area contributed by atoms with Crippen LogP contribution < -0.4 is 5.32 Å². The number of hydrogen-bond acceptors (Lipinski definition) is 3. The van der Waals surface area contributed by atoms with E-state index in [1.807, 2.05) is 36.5 Å². The highest BCUT2D eigenvalue weighted by atomic mass is 35.5. The normalized spacial score (nSPS) is 12.5. The molecular weight excluding hydrogens is 330 g/mol. The first-order valence-corrected chi connectivity index (χ1v) is 7.78. The lowest BCUT2D eigenvalue weighted by atomic mass is 10.1. The van der Waals surface area contributed by atoms with Crippen molar-refractivity contribution in [1.29, 1.82) is 0 Å². The maximum Gasteiger partial charge on any atom is 0.252 e. The molecule has 118 valence electrons. The molecule has 22 heavy (non-hydrogen) atoms. The summed E-state index contributed by atoms with van der Waals surface area (Å²) in [6, 6.07) is 5.52. The molecule has 3 nitrogen and oxygen atoms in total. The van der Waals surface area contributed by atoms with Gasteiger partial charge in [-0.25, -0.2) is 8.78 Å². The molecule has 0 saturated heterocycles. The Hall–Kier alpha value is -1.50. The van der Waals surface area contributed by atoms with Gasteiger partial charge in [-0.2, -0.15) is 0 Å². The number of thiophene rings is 1.